The lowest BCUT2D eigenvalue weighted by Crippen LogP contribution is -2.40. The minimum Gasteiger partial charge on any atom is -0.484 e. The average molecular weight is 280 g/mol. The SMILES string of the molecule is COC1CC(Nc2ccc([N+](=O)[O-])c(OC(C)C)c2)C1. The van der Waals surface area contributed by atoms with Gasteiger partial charge in [0.15, 0.2) is 5.75 Å². The topological polar surface area (TPSA) is 73.6 Å². The van der Waals surface area contributed by atoms with Crippen LogP contribution in [0.3, 0.4) is 0 Å². The highest BCUT2D eigenvalue weighted by Gasteiger charge is 2.29. The molecule has 0 spiro atoms. The predicted molar refractivity (Wildman–Crippen MR) is 76.3 cm³/mol. The lowest BCUT2D eigenvalue weighted by molar-refractivity contribution is -0.386. The quantitative estimate of drug-likeness (QED) is 0.640. The van der Waals surface area contributed by atoms with Crippen LogP contribution >= 0.6 is 0 Å². The first-order valence-electron chi connectivity index (χ1n) is 6.74. The molecule has 0 amide bonds. The first-order valence-corrected chi connectivity index (χ1v) is 6.74. The Morgan fingerprint density at radius 2 is 2.10 bits per heavy atom. The molecule has 0 heterocycles. The zero-order chi connectivity index (χ0) is 14.7. The lowest BCUT2D eigenvalue weighted by Gasteiger charge is -2.35. The van der Waals surface area contributed by atoms with Crippen LogP contribution in [-0.4, -0.2) is 30.3 Å². The lowest BCUT2D eigenvalue weighted by atomic mass is 9.89. The summed E-state index contributed by atoms with van der Waals surface area (Å²) in [6.45, 7) is 3.69. The Bertz CT molecular complexity index is 484. The number of nitro benzene ring substituents is 1. The van der Waals surface area contributed by atoms with Crippen molar-refractivity contribution in [2.24, 2.45) is 0 Å². The smallest absolute Gasteiger partial charge is 0.311 e. The maximum Gasteiger partial charge on any atom is 0.311 e. The molecule has 1 saturated carbocycles. The van der Waals surface area contributed by atoms with Crippen LogP contribution in [0.15, 0.2) is 18.2 Å². The van der Waals surface area contributed by atoms with Crippen molar-refractivity contribution >= 4 is 11.4 Å². The number of hydrogen-bond donors (Lipinski definition) is 1. The van der Waals surface area contributed by atoms with Gasteiger partial charge in [-0.1, -0.05) is 0 Å². The van der Waals surface area contributed by atoms with Gasteiger partial charge in [-0.05, 0) is 32.8 Å². The maximum atomic E-state index is 11.0. The summed E-state index contributed by atoms with van der Waals surface area (Å²) in [5.41, 5.74) is 0.832. The van der Waals surface area contributed by atoms with Crippen LogP contribution in [0.5, 0.6) is 5.75 Å². The molecule has 110 valence electrons. The molecule has 1 fully saturated rings. The average Bonchev–Trinajstić information content (AvgIpc) is 2.32. The van der Waals surface area contributed by atoms with E-state index in [1.54, 1.807) is 19.2 Å². The summed E-state index contributed by atoms with van der Waals surface area (Å²) < 4.78 is 10.7. The molecule has 1 aliphatic carbocycles. The molecule has 1 aromatic rings. The second-order valence-electron chi connectivity index (χ2n) is 5.28. The Morgan fingerprint density at radius 3 is 2.65 bits per heavy atom. The fourth-order valence-corrected chi connectivity index (χ4v) is 2.21. The van der Waals surface area contributed by atoms with Gasteiger partial charge in [0.2, 0.25) is 0 Å². The van der Waals surface area contributed by atoms with Gasteiger partial charge in [-0.25, -0.2) is 0 Å². The molecular weight excluding hydrogens is 260 g/mol. The third-order valence-electron chi connectivity index (χ3n) is 3.32. The predicted octanol–water partition coefficient (Wildman–Crippen LogP) is 2.97. The van der Waals surface area contributed by atoms with Gasteiger partial charge in [0, 0.05) is 31.0 Å². The Morgan fingerprint density at radius 1 is 1.40 bits per heavy atom. The summed E-state index contributed by atoms with van der Waals surface area (Å²) in [6, 6.07) is 5.24. The molecule has 1 N–H and O–H groups in total. The zero-order valence-corrected chi connectivity index (χ0v) is 12.0. The molecule has 0 saturated heterocycles. The largest absolute Gasteiger partial charge is 0.484 e. The second-order valence-corrected chi connectivity index (χ2v) is 5.28. The maximum absolute atomic E-state index is 11.0. The molecule has 20 heavy (non-hydrogen) atoms. The Balaban J connectivity index is 2.09. The van der Waals surface area contributed by atoms with Crippen molar-refractivity contribution in [1.82, 2.24) is 0 Å². The standard InChI is InChI=1S/C14H20N2O4/c1-9(2)20-14-8-10(4-5-13(14)16(17)18)15-11-6-12(7-11)19-3/h4-5,8-9,11-12,15H,6-7H2,1-3H3. The Hall–Kier alpha value is -1.82. The molecule has 6 heteroatoms. The number of benzene rings is 1. The van der Waals surface area contributed by atoms with Gasteiger partial charge in [0.25, 0.3) is 0 Å². The fourth-order valence-electron chi connectivity index (χ4n) is 2.21. The summed E-state index contributed by atoms with van der Waals surface area (Å²) in [6.07, 6.45) is 2.12. The Labute approximate surface area is 118 Å². The van der Waals surface area contributed by atoms with Crippen LogP contribution in [0.4, 0.5) is 11.4 Å². The number of nitro groups is 1. The highest BCUT2D eigenvalue weighted by Crippen LogP contribution is 2.33. The fraction of sp³-hybridized carbons (Fsp3) is 0.571. The number of nitrogens with one attached hydrogen (secondary N) is 1. The molecule has 0 radical (unpaired) electrons. The van der Waals surface area contributed by atoms with Gasteiger partial charge in [0.05, 0.1) is 17.1 Å². The van der Waals surface area contributed by atoms with Crippen LogP contribution < -0.4 is 10.1 Å². The van der Waals surface area contributed by atoms with Crippen molar-refractivity contribution < 1.29 is 14.4 Å². The number of rotatable bonds is 6. The second kappa shape index (κ2) is 6.09. The Kier molecular flexibility index (Phi) is 4.44. The molecule has 6 nitrogen and oxygen atoms in total. The third kappa shape index (κ3) is 3.39. The van der Waals surface area contributed by atoms with Crippen molar-refractivity contribution in [3.63, 3.8) is 0 Å². The van der Waals surface area contributed by atoms with E-state index >= 15 is 0 Å². The van der Waals surface area contributed by atoms with Crippen LogP contribution in [0.2, 0.25) is 0 Å². The molecule has 0 aromatic heterocycles. The molecule has 2 rings (SSSR count). The van der Waals surface area contributed by atoms with Crippen molar-refractivity contribution in [2.75, 3.05) is 12.4 Å². The summed E-state index contributed by atoms with van der Waals surface area (Å²) in [4.78, 5) is 10.5. The van der Waals surface area contributed by atoms with Gasteiger partial charge >= 0.3 is 5.69 Å². The van der Waals surface area contributed by atoms with Gasteiger partial charge in [-0.3, -0.25) is 10.1 Å². The summed E-state index contributed by atoms with van der Waals surface area (Å²) >= 11 is 0. The van der Waals surface area contributed by atoms with Crippen LogP contribution in [0, 0.1) is 10.1 Å². The first kappa shape index (κ1) is 14.6. The molecular formula is C14H20N2O4. The third-order valence-corrected chi connectivity index (χ3v) is 3.32. The monoisotopic (exact) mass is 280 g/mol. The minimum absolute atomic E-state index is 0.00683. The van der Waals surface area contributed by atoms with E-state index in [4.69, 9.17) is 9.47 Å². The van der Waals surface area contributed by atoms with Crippen LogP contribution in [0.25, 0.3) is 0 Å². The number of hydrogen-bond acceptors (Lipinski definition) is 5. The van der Waals surface area contributed by atoms with E-state index in [1.165, 1.54) is 6.07 Å². The van der Waals surface area contributed by atoms with Crippen molar-refractivity contribution in [2.45, 2.75) is 44.9 Å². The zero-order valence-electron chi connectivity index (χ0n) is 12.0. The van der Waals surface area contributed by atoms with Gasteiger partial charge in [-0.15, -0.1) is 0 Å². The molecule has 1 aliphatic rings. The summed E-state index contributed by atoms with van der Waals surface area (Å²) in [5.74, 6) is 0.303. The van der Waals surface area contributed by atoms with Crippen molar-refractivity contribution in [1.29, 1.82) is 0 Å². The number of nitrogens with zero attached hydrogens (tertiary/aromatic N) is 1. The van der Waals surface area contributed by atoms with E-state index in [2.05, 4.69) is 5.32 Å². The van der Waals surface area contributed by atoms with Crippen LogP contribution in [-0.2, 0) is 4.74 Å². The summed E-state index contributed by atoms with van der Waals surface area (Å²) in [7, 11) is 1.71. The number of ether oxygens (including phenoxy) is 2. The van der Waals surface area contributed by atoms with Gasteiger partial charge < -0.3 is 14.8 Å². The van der Waals surface area contributed by atoms with E-state index in [-0.39, 0.29) is 11.8 Å². The number of anilines is 1. The molecule has 0 aliphatic heterocycles. The number of methoxy groups -OCH3 is 1. The van der Waals surface area contributed by atoms with Gasteiger partial charge in [-0.2, -0.15) is 0 Å². The van der Waals surface area contributed by atoms with Crippen molar-refractivity contribution in [3.8, 4) is 5.75 Å². The highest BCUT2D eigenvalue weighted by atomic mass is 16.6. The van der Waals surface area contributed by atoms with E-state index in [9.17, 15) is 10.1 Å². The van der Waals surface area contributed by atoms with E-state index in [0.29, 0.717) is 17.9 Å². The molecule has 1 aromatic carbocycles. The van der Waals surface area contributed by atoms with Gasteiger partial charge in [0.1, 0.15) is 0 Å². The van der Waals surface area contributed by atoms with Crippen molar-refractivity contribution in [3.05, 3.63) is 28.3 Å². The van der Waals surface area contributed by atoms with E-state index < -0.39 is 4.92 Å². The first-order chi connectivity index (χ1) is 9.49. The minimum atomic E-state index is -0.425. The van der Waals surface area contributed by atoms with E-state index in [1.807, 2.05) is 13.8 Å². The summed E-state index contributed by atoms with van der Waals surface area (Å²) in [5, 5.41) is 14.3. The van der Waals surface area contributed by atoms with Crippen LogP contribution in [0.1, 0.15) is 26.7 Å². The molecule has 0 atom stereocenters. The molecule has 0 unspecified atom stereocenters. The normalized spacial score (nSPS) is 21.4. The highest BCUT2D eigenvalue weighted by molar-refractivity contribution is 5.58. The van der Waals surface area contributed by atoms with E-state index in [0.717, 1.165) is 18.5 Å². The molecule has 0 bridgehead atoms.